The summed E-state index contributed by atoms with van der Waals surface area (Å²) in [4.78, 5) is 16.7. The molecule has 3 nitrogen and oxygen atoms in total. The van der Waals surface area contributed by atoms with Gasteiger partial charge in [-0.1, -0.05) is 18.2 Å². The van der Waals surface area contributed by atoms with E-state index >= 15 is 0 Å². The number of ketones is 1. The van der Waals surface area contributed by atoms with Crippen LogP contribution in [-0.2, 0) is 0 Å². The number of carbonyl (C=O) groups excluding carboxylic acids is 1. The van der Waals surface area contributed by atoms with Gasteiger partial charge in [-0.2, -0.15) is 0 Å². The second-order valence-electron chi connectivity index (χ2n) is 4.27. The van der Waals surface area contributed by atoms with E-state index in [2.05, 4.69) is 20.9 Å². The molecule has 0 saturated carbocycles. The third-order valence-electron chi connectivity index (χ3n) is 2.98. The quantitative estimate of drug-likeness (QED) is 0.668. The molecule has 0 saturated heterocycles. The highest BCUT2D eigenvalue weighted by molar-refractivity contribution is 9.10. The Morgan fingerprint density at radius 2 is 2.05 bits per heavy atom. The smallest absolute Gasteiger partial charge is 0.247 e. The van der Waals surface area contributed by atoms with E-state index in [1.54, 1.807) is 12.1 Å². The Kier molecular flexibility index (Phi) is 2.95. The summed E-state index contributed by atoms with van der Waals surface area (Å²) in [5, 5.41) is 1.05. The molecule has 94 valence electrons. The Hall–Kier alpha value is -1.94. The Labute approximate surface area is 118 Å². The number of nitrogens with zero attached hydrogens (tertiary/aromatic N) is 1. The van der Waals surface area contributed by atoms with Crippen molar-refractivity contribution in [2.75, 3.05) is 0 Å². The van der Waals surface area contributed by atoms with Crippen LogP contribution in [0.5, 0.6) is 0 Å². The average molecular weight is 316 g/mol. The number of pyridine rings is 1. The molecule has 0 fully saturated rings. The Balaban J connectivity index is 2.16. The number of aryl methyl sites for hydroxylation is 1. The number of fused-ring (bicyclic) bond motifs is 1. The Bertz CT molecular complexity index is 777. The molecule has 0 atom stereocenters. The normalized spacial score (nSPS) is 10.8. The van der Waals surface area contributed by atoms with Gasteiger partial charge in [0.05, 0.1) is 16.3 Å². The summed E-state index contributed by atoms with van der Waals surface area (Å²) in [6, 6.07) is 11.2. The first kappa shape index (κ1) is 12.1. The van der Waals surface area contributed by atoms with Gasteiger partial charge in [0.1, 0.15) is 5.69 Å². The van der Waals surface area contributed by atoms with Gasteiger partial charge in [0.2, 0.25) is 5.78 Å². The molecule has 0 radical (unpaired) electrons. The van der Waals surface area contributed by atoms with Crippen LogP contribution in [0.15, 0.2) is 51.6 Å². The fraction of sp³-hybridized carbons (Fsp3) is 0.0667. The van der Waals surface area contributed by atoms with E-state index in [4.69, 9.17) is 4.42 Å². The lowest BCUT2D eigenvalue weighted by molar-refractivity contribution is 0.100. The largest absolute Gasteiger partial charge is 0.460 e. The number of rotatable bonds is 2. The third-order valence-corrected chi connectivity index (χ3v) is 3.60. The number of hydrogen-bond donors (Lipinski definition) is 0. The second kappa shape index (κ2) is 4.63. The maximum absolute atomic E-state index is 12.3. The number of hydrogen-bond acceptors (Lipinski definition) is 3. The van der Waals surface area contributed by atoms with E-state index in [1.807, 2.05) is 31.2 Å². The van der Waals surface area contributed by atoms with Crippen LogP contribution in [0.3, 0.4) is 0 Å². The minimum absolute atomic E-state index is 0.217. The second-order valence-corrected chi connectivity index (χ2v) is 5.12. The molecule has 3 rings (SSSR count). The van der Waals surface area contributed by atoms with Gasteiger partial charge < -0.3 is 4.42 Å². The zero-order valence-electron chi connectivity index (χ0n) is 10.2. The van der Waals surface area contributed by atoms with Gasteiger partial charge in [0, 0.05) is 5.39 Å². The maximum atomic E-state index is 12.3. The van der Waals surface area contributed by atoms with Gasteiger partial charge in [-0.3, -0.25) is 4.79 Å². The molecule has 0 N–H and O–H groups in total. The lowest BCUT2D eigenvalue weighted by atomic mass is 10.1. The minimum Gasteiger partial charge on any atom is -0.460 e. The van der Waals surface area contributed by atoms with Crippen LogP contribution in [0.1, 0.15) is 21.8 Å². The summed E-state index contributed by atoms with van der Waals surface area (Å²) in [6.45, 7) is 1.97. The van der Waals surface area contributed by atoms with Crippen molar-refractivity contribution >= 4 is 32.6 Å². The van der Waals surface area contributed by atoms with E-state index in [1.165, 1.54) is 6.26 Å². The standard InChI is InChI=1S/C15H10BrNO2/c1-9-8-13(14(18)15-11(16)6-7-19-15)17-12-5-3-2-4-10(9)12/h2-8H,1H3. The molecular weight excluding hydrogens is 306 g/mol. The number of para-hydroxylation sites is 1. The van der Waals surface area contributed by atoms with Crippen LogP contribution < -0.4 is 0 Å². The summed E-state index contributed by atoms with van der Waals surface area (Å²) in [5.41, 5.74) is 2.23. The van der Waals surface area contributed by atoms with Crippen LogP contribution in [0.4, 0.5) is 0 Å². The molecule has 0 aliphatic rings. The molecule has 4 heteroatoms. The summed E-state index contributed by atoms with van der Waals surface area (Å²) in [7, 11) is 0. The van der Waals surface area contributed by atoms with Gasteiger partial charge in [-0.25, -0.2) is 4.98 Å². The summed E-state index contributed by atoms with van der Waals surface area (Å²) >= 11 is 3.29. The maximum Gasteiger partial charge on any atom is 0.247 e. The molecule has 0 spiro atoms. The fourth-order valence-corrected chi connectivity index (χ4v) is 2.42. The number of benzene rings is 1. The summed E-state index contributed by atoms with van der Waals surface area (Å²) in [6.07, 6.45) is 1.48. The van der Waals surface area contributed by atoms with Crippen LogP contribution in [0.2, 0.25) is 0 Å². The average Bonchev–Trinajstić information content (AvgIpc) is 2.84. The number of carbonyl (C=O) groups is 1. The van der Waals surface area contributed by atoms with Crippen molar-refractivity contribution in [3.05, 3.63) is 64.2 Å². The number of furan rings is 1. The first-order valence-electron chi connectivity index (χ1n) is 5.81. The monoisotopic (exact) mass is 315 g/mol. The lowest BCUT2D eigenvalue weighted by Crippen LogP contribution is -2.04. The summed E-state index contributed by atoms with van der Waals surface area (Å²) < 4.78 is 5.84. The van der Waals surface area contributed by atoms with E-state index in [-0.39, 0.29) is 11.5 Å². The van der Waals surface area contributed by atoms with E-state index in [0.717, 1.165) is 16.5 Å². The Morgan fingerprint density at radius 3 is 2.79 bits per heavy atom. The topological polar surface area (TPSA) is 43.1 Å². The minimum atomic E-state index is -0.217. The zero-order valence-corrected chi connectivity index (χ0v) is 11.8. The van der Waals surface area contributed by atoms with Gasteiger partial charge in [0.25, 0.3) is 0 Å². The molecule has 2 aromatic heterocycles. The number of halogens is 1. The zero-order chi connectivity index (χ0) is 13.4. The molecule has 2 heterocycles. The molecular formula is C15H10BrNO2. The van der Waals surface area contributed by atoms with Crippen LogP contribution in [0.25, 0.3) is 10.9 Å². The van der Waals surface area contributed by atoms with Gasteiger partial charge >= 0.3 is 0 Å². The van der Waals surface area contributed by atoms with Crippen molar-refractivity contribution in [2.45, 2.75) is 6.92 Å². The molecule has 19 heavy (non-hydrogen) atoms. The molecule has 0 unspecified atom stereocenters. The van der Waals surface area contributed by atoms with Crippen molar-refractivity contribution < 1.29 is 9.21 Å². The van der Waals surface area contributed by atoms with Gasteiger partial charge in [-0.05, 0) is 46.6 Å². The van der Waals surface area contributed by atoms with Gasteiger partial charge in [-0.15, -0.1) is 0 Å². The van der Waals surface area contributed by atoms with Crippen molar-refractivity contribution in [1.29, 1.82) is 0 Å². The van der Waals surface area contributed by atoms with E-state index in [9.17, 15) is 4.79 Å². The molecule has 0 aliphatic carbocycles. The molecule has 3 aromatic rings. The third kappa shape index (κ3) is 2.08. The van der Waals surface area contributed by atoms with E-state index < -0.39 is 0 Å². The SMILES string of the molecule is Cc1cc(C(=O)c2occc2Br)nc2ccccc12. The van der Waals surface area contributed by atoms with Crippen LogP contribution >= 0.6 is 15.9 Å². The summed E-state index contributed by atoms with van der Waals surface area (Å²) in [5.74, 6) is 0.0629. The highest BCUT2D eigenvalue weighted by Gasteiger charge is 2.18. The van der Waals surface area contributed by atoms with Crippen molar-refractivity contribution in [1.82, 2.24) is 4.98 Å². The Morgan fingerprint density at radius 1 is 1.26 bits per heavy atom. The van der Waals surface area contributed by atoms with Crippen LogP contribution in [-0.4, -0.2) is 10.8 Å². The lowest BCUT2D eigenvalue weighted by Gasteiger charge is -2.04. The molecule has 0 bridgehead atoms. The fourth-order valence-electron chi connectivity index (χ4n) is 2.04. The van der Waals surface area contributed by atoms with Crippen molar-refractivity contribution in [2.24, 2.45) is 0 Å². The highest BCUT2D eigenvalue weighted by Crippen LogP contribution is 2.23. The van der Waals surface area contributed by atoms with Crippen molar-refractivity contribution in [3.63, 3.8) is 0 Å². The highest BCUT2D eigenvalue weighted by atomic mass is 79.9. The van der Waals surface area contributed by atoms with Gasteiger partial charge in [0.15, 0.2) is 5.76 Å². The molecule has 1 aromatic carbocycles. The van der Waals surface area contributed by atoms with Crippen molar-refractivity contribution in [3.8, 4) is 0 Å². The number of aromatic nitrogens is 1. The first-order valence-corrected chi connectivity index (χ1v) is 6.60. The predicted molar refractivity (Wildman–Crippen MR) is 76.3 cm³/mol. The molecule has 0 amide bonds. The van der Waals surface area contributed by atoms with Crippen LogP contribution in [0, 0.1) is 6.92 Å². The predicted octanol–water partition coefficient (Wildman–Crippen LogP) is 4.13. The van der Waals surface area contributed by atoms with E-state index in [0.29, 0.717) is 10.2 Å². The molecule has 0 aliphatic heterocycles. The first-order chi connectivity index (χ1) is 9.16.